The molecule has 0 aliphatic rings. The summed E-state index contributed by atoms with van der Waals surface area (Å²) in [5, 5.41) is 7.54. The zero-order valence-electron chi connectivity index (χ0n) is 20.3. The third-order valence-electron chi connectivity index (χ3n) is 5.78. The van der Waals surface area contributed by atoms with Crippen LogP contribution in [0.2, 0.25) is 0 Å². The number of halogens is 2. The van der Waals surface area contributed by atoms with E-state index in [1.165, 1.54) is 18.8 Å². The number of ether oxygens (including phenoxy) is 2. The number of pyridine rings is 2. The quantitative estimate of drug-likeness (QED) is 0.266. The van der Waals surface area contributed by atoms with Gasteiger partial charge in [-0.25, -0.2) is 32.7 Å². The van der Waals surface area contributed by atoms with Crippen LogP contribution in [-0.2, 0) is 15.6 Å². The van der Waals surface area contributed by atoms with Gasteiger partial charge in [0.2, 0.25) is 5.88 Å². The number of sulfone groups is 1. The predicted octanol–water partition coefficient (Wildman–Crippen LogP) is 3.54. The minimum absolute atomic E-state index is 0.0996. The largest absolute Gasteiger partial charge is 0.493 e. The zero-order valence-corrected chi connectivity index (χ0v) is 22.7. The molecule has 37 heavy (non-hydrogen) atoms. The highest BCUT2D eigenvalue weighted by molar-refractivity contribution is 9.10. The maximum atomic E-state index is 13.5. The molecular formula is C23H23BrFN7O4S. The van der Waals surface area contributed by atoms with Crippen LogP contribution in [0.5, 0.6) is 11.6 Å². The van der Waals surface area contributed by atoms with Crippen LogP contribution in [0.3, 0.4) is 0 Å². The lowest BCUT2D eigenvalue weighted by molar-refractivity contribution is 0.398. The number of hydrogen-bond donors (Lipinski definition) is 0. The summed E-state index contributed by atoms with van der Waals surface area (Å²) in [6.45, 7) is 3.22. The van der Waals surface area contributed by atoms with E-state index in [1.54, 1.807) is 44.2 Å². The summed E-state index contributed by atoms with van der Waals surface area (Å²) in [6, 6.07) is 8.48. The molecule has 0 unspecified atom stereocenters. The lowest BCUT2D eigenvalue weighted by Crippen LogP contribution is -2.27. The minimum Gasteiger partial charge on any atom is -0.493 e. The number of aromatic nitrogens is 7. The Hall–Kier alpha value is -3.52. The van der Waals surface area contributed by atoms with Gasteiger partial charge in [0, 0.05) is 12.0 Å². The van der Waals surface area contributed by atoms with E-state index in [-0.39, 0.29) is 23.3 Å². The molecule has 0 radical (unpaired) electrons. The van der Waals surface area contributed by atoms with Crippen LogP contribution in [0, 0.1) is 5.82 Å². The molecule has 0 saturated heterocycles. The highest BCUT2D eigenvalue weighted by atomic mass is 79.9. The van der Waals surface area contributed by atoms with Crippen molar-refractivity contribution in [2.75, 3.05) is 14.2 Å². The lowest BCUT2D eigenvalue weighted by atomic mass is 10.1. The molecule has 0 aliphatic carbocycles. The number of hydrogen-bond acceptors (Lipinski definition) is 10. The molecule has 0 aliphatic heterocycles. The van der Waals surface area contributed by atoms with E-state index in [4.69, 9.17) is 9.47 Å². The first-order valence-corrected chi connectivity index (χ1v) is 13.5. The Morgan fingerprint density at radius 1 is 1.03 bits per heavy atom. The Bertz CT molecular complexity index is 1520. The van der Waals surface area contributed by atoms with Crippen molar-refractivity contribution in [1.29, 1.82) is 0 Å². The predicted molar refractivity (Wildman–Crippen MR) is 136 cm³/mol. The first-order chi connectivity index (χ1) is 17.6. The van der Waals surface area contributed by atoms with E-state index < -0.39 is 32.6 Å². The van der Waals surface area contributed by atoms with E-state index >= 15 is 0 Å². The first-order valence-electron chi connectivity index (χ1n) is 11.0. The van der Waals surface area contributed by atoms with Gasteiger partial charge in [-0.3, -0.25) is 4.57 Å². The summed E-state index contributed by atoms with van der Waals surface area (Å²) in [4.78, 5) is 16.8. The maximum Gasteiger partial charge on any atom is 0.213 e. The van der Waals surface area contributed by atoms with Crippen LogP contribution in [0.4, 0.5) is 4.39 Å². The second kappa shape index (κ2) is 10.8. The summed E-state index contributed by atoms with van der Waals surface area (Å²) in [5.41, 5.74) is 0.389. The Kier molecular flexibility index (Phi) is 7.78. The number of rotatable bonds is 9. The van der Waals surface area contributed by atoms with Gasteiger partial charge in [0.1, 0.15) is 21.9 Å². The number of methoxy groups -OCH3 is 2. The molecule has 11 nitrogen and oxygen atoms in total. The third kappa shape index (κ3) is 5.59. The highest BCUT2D eigenvalue weighted by Crippen LogP contribution is 2.31. The van der Waals surface area contributed by atoms with Gasteiger partial charge in [0.25, 0.3) is 0 Å². The van der Waals surface area contributed by atoms with Gasteiger partial charge in [-0.15, -0.1) is 10.2 Å². The third-order valence-corrected chi connectivity index (χ3v) is 8.42. The van der Waals surface area contributed by atoms with Gasteiger partial charge in [-0.05, 0) is 41.1 Å². The molecule has 0 N–H and O–H groups in total. The van der Waals surface area contributed by atoms with Crippen molar-refractivity contribution in [3.05, 3.63) is 64.8 Å². The molecule has 0 fully saturated rings. The van der Waals surface area contributed by atoms with Crippen molar-refractivity contribution in [2.24, 2.45) is 0 Å². The van der Waals surface area contributed by atoms with Crippen LogP contribution in [0.1, 0.15) is 31.4 Å². The molecule has 0 saturated carbocycles. The summed E-state index contributed by atoms with van der Waals surface area (Å²) in [7, 11) is -0.871. The van der Waals surface area contributed by atoms with Crippen molar-refractivity contribution < 1.29 is 22.3 Å². The zero-order chi connectivity index (χ0) is 26.7. The standard InChI is InChI=1S/C23H23BrFN7O4S/c1-13(21-26-10-15(25)11-27-21)14(2)37(33,34)12-19-30-31-22(16-6-5-7-20(28-16)36-4)32(19)23-17(35-3)8-9-18(24)29-23/h5-11,13-14H,12H2,1-4H3/t13-,14-/m0/s1. The topological polar surface area (TPSA) is 135 Å². The maximum absolute atomic E-state index is 13.5. The highest BCUT2D eigenvalue weighted by Gasteiger charge is 2.33. The van der Waals surface area contributed by atoms with Crippen LogP contribution in [0.15, 0.2) is 47.3 Å². The van der Waals surface area contributed by atoms with Crippen LogP contribution in [-0.4, -0.2) is 62.6 Å². The van der Waals surface area contributed by atoms with Crippen molar-refractivity contribution in [1.82, 2.24) is 34.7 Å². The minimum atomic E-state index is -3.84. The molecule has 0 amide bonds. The second-order valence-electron chi connectivity index (χ2n) is 8.06. The van der Waals surface area contributed by atoms with Crippen molar-refractivity contribution in [3.8, 4) is 29.0 Å². The molecular weight excluding hydrogens is 569 g/mol. The Balaban J connectivity index is 1.81. The van der Waals surface area contributed by atoms with E-state index in [1.807, 2.05) is 0 Å². The Labute approximate surface area is 221 Å². The van der Waals surface area contributed by atoms with Crippen LogP contribution >= 0.6 is 15.9 Å². The van der Waals surface area contributed by atoms with Gasteiger partial charge in [-0.2, -0.15) is 0 Å². The van der Waals surface area contributed by atoms with E-state index in [9.17, 15) is 12.8 Å². The molecule has 2 atom stereocenters. The molecule has 0 spiro atoms. The summed E-state index contributed by atoms with van der Waals surface area (Å²) in [5.74, 6) is -0.144. The Morgan fingerprint density at radius 2 is 1.76 bits per heavy atom. The van der Waals surface area contributed by atoms with Gasteiger partial charge in [0.15, 0.2) is 38.9 Å². The van der Waals surface area contributed by atoms with E-state index in [2.05, 4.69) is 46.1 Å². The fourth-order valence-corrected chi connectivity index (χ4v) is 5.43. The fourth-order valence-electron chi connectivity index (χ4n) is 3.57. The summed E-state index contributed by atoms with van der Waals surface area (Å²) in [6.07, 6.45) is 2.01. The average Bonchev–Trinajstić information content (AvgIpc) is 3.30. The van der Waals surface area contributed by atoms with Crippen LogP contribution < -0.4 is 9.47 Å². The molecule has 4 aromatic heterocycles. The monoisotopic (exact) mass is 591 g/mol. The molecule has 4 aromatic rings. The van der Waals surface area contributed by atoms with Crippen molar-refractivity contribution >= 4 is 25.8 Å². The van der Waals surface area contributed by atoms with Gasteiger partial charge in [0.05, 0.1) is 31.9 Å². The van der Waals surface area contributed by atoms with Crippen molar-refractivity contribution in [2.45, 2.75) is 30.8 Å². The number of nitrogens with zero attached hydrogens (tertiary/aromatic N) is 7. The Morgan fingerprint density at radius 3 is 2.43 bits per heavy atom. The molecule has 0 aromatic carbocycles. The molecule has 4 rings (SSSR count). The van der Waals surface area contributed by atoms with E-state index in [0.29, 0.717) is 21.9 Å². The van der Waals surface area contributed by atoms with Gasteiger partial charge < -0.3 is 9.47 Å². The second-order valence-corrected chi connectivity index (χ2v) is 11.2. The summed E-state index contributed by atoms with van der Waals surface area (Å²) < 4.78 is 53.0. The molecule has 4 heterocycles. The smallest absolute Gasteiger partial charge is 0.213 e. The first kappa shape index (κ1) is 26.5. The molecule has 194 valence electrons. The fraction of sp³-hybridized carbons (Fsp3) is 0.304. The molecule has 14 heteroatoms. The normalized spacial score (nSPS) is 13.2. The van der Waals surface area contributed by atoms with Gasteiger partial charge in [-0.1, -0.05) is 13.0 Å². The average molecular weight is 592 g/mol. The van der Waals surface area contributed by atoms with E-state index in [0.717, 1.165) is 12.4 Å². The SMILES string of the molecule is COc1cccc(-c2nnc(CS(=O)(=O)[C@@H](C)[C@H](C)c3ncc(F)cn3)n2-c2nc(Br)ccc2OC)n1. The van der Waals surface area contributed by atoms with Crippen LogP contribution in [0.25, 0.3) is 17.3 Å². The van der Waals surface area contributed by atoms with Gasteiger partial charge >= 0.3 is 0 Å². The lowest BCUT2D eigenvalue weighted by Gasteiger charge is -2.19. The summed E-state index contributed by atoms with van der Waals surface area (Å²) >= 11 is 3.36. The van der Waals surface area contributed by atoms with Crippen molar-refractivity contribution in [3.63, 3.8) is 0 Å². The molecule has 0 bridgehead atoms.